The summed E-state index contributed by atoms with van der Waals surface area (Å²) >= 11 is 5.04. The highest BCUT2D eigenvalue weighted by Crippen LogP contribution is 2.26. The van der Waals surface area contributed by atoms with Gasteiger partial charge in [0.1, 0.15) is 5.82 Å². The molecule has 0 amide bonds. The van der Waals surface area contributed by atoms with Gasteiger partial charge in [-0.3, -0.25) is 0 Å². The maximum atomic E-state index is 13.3. The molecular formula is C16H16BrFS. The van der Waals surface area contributed by atoms with Gasteiger partial charge in [0.15, 0.2) is 0 Å². The first-order valence-electron chi connectivity index (χ1n) is 6.22. The third-order valence-corrected chi connectivity index (χ3v) is 4.42. The first-order chi connectivity index (χ1) is 9.04. The van der Waals surface area contributed by atoms with Gasteiger partial charge in [-0.25, -0.2) is 4.39 Å². The van der Waals surface area contributed by atoms with Crippen molar-refractivity contribution in [2.45, 2.75) is 30.4 Å². The van der Waals surface area contributed by atoms with E-state index >= 15 is 0 Å². The van der Waals surface area contributed by atoms with Crippen molar-refractivity contribution in [3.8, 4) is 0 Å². The smallest absolute Gasteiger partial charge is 0.124 e. The number of benzene rings is 2. The van der Waals surface area contributed by atoms with Crippen molar-refractivity contribution in [1.82, 2.24) is 0 Å². The lowest BCUT2D eigenvalue weighted by Crippen LogP contribution is -1.87. The number of hydrogen-bond donors (Lipinski definition) is 0. The molecule has 0 N–H and O–H groups in total. The van der Waals surface area contributed by atoms with Crippen molar-refractivity contribution >= 4 is 27.7 Å². The van der Waals surface area contributed by atoms with Gasteiger partial charge >= 0.3 is 0 Å². The Morgan fingerprint density at radius 2 is 1.79 bits per heavy atom. The average Bonchev–Trinajstić information content (AvgIpc) is 2.36. The van der Waals surface area contributed by atoms with Crippen LogP contribution in [0.2, 0.25) is 0 Å². The van der Waals surface area contributed by atoms with Crippen LogP contribution in [0.1, 0.15) is 30.9 Å². The maximum absolute atomic E-state index is 13.3. The fraction of sp³-hybridized carbons (Fsp3) is 0.250. The van der Waals surface area contributed by atoms with Crippen molar-refractivity contribution < 1.29 is 4.39 Å². The summed E-state index contributed by atoms with van der Waals surface area (Å²) in [6.07, 6.45) is 0. The van der Waals surface area contributed by atoms with Crippen LogP contribution in [0.3, 0.4) is 0 Å². The topological polar surface area (TPSA) is 0 Å². The summed E-state index contributed by atoms with van der Waals surface area (Å²) in [5.41, 5.74) is 2.34. The van der Waals surface area contributed by atoms with Gasteiger partial charge in [0, 0.05) is 15.1 Å². The molecule has 0 saturated heterocycles. The van der Waals surface area contributed by atoms with Crippen LogP contribution in [0.25, 0.3) is 0 Å². The van der Waals surface area contributed by atoms with Crippen LogP contribution >= 0.6 is 27.7 Å². The van der Waals surface area contributed by atoms with Crippen LogP contribution in [-0.2, 0) is 5.75 Å². The van der Waals surface area contributed by atoms with E-state index in [0.29, 0.717) is 5.92 Å². The Morgan fingerprint density at radius 1 is 1.11 bits per heavy atom. The van der Waals surface area contributed by atoms with E-state index < -0.39 is 0 Å². The predicted molar refractivity (Wildman–Crippen MR) is 84.2 cm³/mol. The summed E-state index contributed by atoms with van der Waals surface area (Å²) in [5, 5.41) is 0. The Bertz CT molecular complexity index is 529. The predicted octanol–water partition coefficient (Wildman–Crippen LogP) is 6.00. The number of rotatable bonds is 4. The fourth-order valence-corrected chi connectivity index (χ4v) is 3.15. The monoisotopic (exact) mass is 338 g/mol. The second-order valence-corrected chi connectivity index (χ2v) is 6.75. The quantitative estimate of drug-likeness (QED) is 0.615. The molecule has 100 valence electrons. The van der Waals surface area contributed by atoms with Crippen LogP contribution in [0, 0.1) is 5.82 Å². The normalized spacial score (nSPS) is 11.0. The molecule has 0 spiro atoms. The van der Waals surface area contributed by atoms with E-state index in [-0.39, 0.29) is 5.82 Å². The van der Waals surface area contributed by atoms with E-state index in [1.165, 1.54) is 16.5 Å². The second kappa shape index (κ2) is 6.58. The molecule has 3 heteroatoms. The van der Waals surface area contributed by atoms with Crippen LogP contribution in [0.15, 0.2) is 51.8 Å². The first-order valence-corrected chi connectivity index (χ1v) is 8.00. The lowest BCUT2D eigenvalue weighted by Gasteiger charge is -2.07. The van der Waals surface area contributed by atoms with Crippen molar-refractivity contribution in [3.05, 3.63) is 63.9 Å². The van der Waals surface area contributed by atoms with E-state index in [2.05, 4.69) is 54.0 Å². The number of hydrogen-bond acceptors (Lipinski definition) is 1. The minimum Gasteiger partial charge on any atom is -0.207 e. The zero-order valence-electron chi connectivity index (χ0n) is 11.0. The largest absolute Gasteiger partial charge is 0.207 e. The van der Waals surface area contributed by atoms with Crippen molar-refractivity contribution in [1.29, 1.82) is 0 Å². The molecule has 0 nitrogen and oxygen atoms in total. The van der Waals surface area contributed by atoms with E-state index in [0.717, 1.165) is 15.8 Å². The third kappa shape index (κ3) is 4.36. The van der Waals surface area contributed by atoms with Gasteiger partial charge in [-0.2, -0.15) is 0 Å². The molecule has 2 aromatic rings. The molecule has 0 bridgehead atoms. The Hall–Kier alpha value is -0.800. The van der Waals surface area contributed by atoms with Gasteiger partial charge in [-0.1, -0.05) is 41.9 Å². The highest BCUT2D eigenvalue weighted by molar-refractivity contribution is 9.10. The van der Waals surface area contributed by atoms with Crippen LogP contribution in [0.4, 0.5) is 4.39 Å². The molecule has 0 aliphatic heterocycles. The van der Waals surface area contributed by atoms with E-state index in [1.807, 2.05) is 6.07 Å². The first kappa shape index (κ1) is 14.6. The Labute approximate surface area is 126 Å². The molecule has 2 aromatic carbocycles. The van der Waals surface area contributed by atoms with Crippen LogP contribution in [0.5, 0.6) is 0 Å². The Balaban J connectivity index is 2.02. The molecular weight excluding hydrogens is 323 g/mol. The summed E-state index contributed by atoms with van der Waals surface area (Å²) in [6, 6.07) is 13.6. The molecule has 19 heavy (non-hydrogen) atoms. The molecule has 0 fully saturated rings. The number of halogens is 2. The zero-order chi connectivity index (χ0) is 13.8. The highest BCUT2D eigenvalue weighted by atomic mass is 79.9. The zero-order valence-corrected chi connectivity index (χ0v) is 13.4. The lowest BCUT2D eigenvalue weighted by molar-refractivity contribution is 0.625. The third-order valence-electron chi connectivity index (χ3n) is 2.87. The maximum Gasteiger partial charge on any atom is 0.124 e. The average molecular weight is 339 g/mol. The SMILES string of the molecule is CC(C)c1ccc(SCc2cc(F)cc(Br)c2)cc1. The molecule has 0 unspecified atom stereocenters. The van der Waals surface area contributed by atoms with Gasteiger partial charge in [-0.05, 0) is 47.4 Å². The summed E-state index contributed by atoms with van der Waals surface area (Å²) in [4.78, 5) is 1.21. The van der Waals surface area contributed by atoms with Crippen LogP contribution in [-0.4, -0.2) is 0 Å². The van der Waals surface area contributed by atoms with Crippen molar-refractivity contribution in [2.24, 2.45) is 0 Å². The van der Waals surface area contributed by atoms with Crippen molar-refractivity contribution in [3.63, 3.8) is 0 Å². The molecule has 0 aliphatic rings. The fourth-order valence-electron chi connectivity index (χ4n) is 1.81. The van der Waals surface area contributed by atoms with Gasteiger partial charge in [0.05, 0.1) is 0 Å². The molecule has 0 saturated carbocycles. The summed E-state index contributed by atoms with van der Waals surface area (Å²) in [6.45, 7) is 4.37. The molecule has 0 heterocycles. The molecule has 0 aliphatic carbocycles. The van der Waals surface area contributed by atoms with Crippen LogP contribution < -0.4 is 0 Å². The lowest BCUT2D eigenvalue weighted by atomic mass is 10.0. The molecule has 0 aromatic heterocycles. The minimum absolute atomic E-state index is 0.194. The number of thioether (sulfide) groups is 1. The van der Waals surface area contributed by atoms with E-state index in [1.54, 1.807) is 17.8 Å². The summed E-state index contributed by atoms with van der Waals surface area (Å²) in [7, 11) is 0. The standard InChI is InChI=1S/C16H16BrFS/c1-11(2)13-3-5-16(6-4-13)19-10-12-7-14(17)9-15(18)8-12/h3-9,11H,10H2,1-2H3. The molecule has 0 radical (unpaired) electrons. The van der Waals surface area contributed by atoms with Crippen molar-refractivity contribution in [2.75, 3.05) is 0 Å². The van der Waals surface area contributed by atoms with Gasteiger partial charge in [0.2, 0.25) is 0 Å². The Kier molecular flexibility index (Phi) is 5.06. The summed E-state index contributed by atoms with van der Waals surface area (Å²) < 4.78 is 14.0. The molecule has 0 atom stereocenters. The second-order valence-electron chi connectivity index (χ2n) is 4.79. The van der Waals surface area contributed by atoms with Gasteiger partial charge in [-0.15, -0.1) is 11.8 Å². The van der Waals surface area contributed by atoms with E-state index in [4.69, 9.17) is 0 Å². The van der Waals surface area contributed by atoms with Gasteiger partial charge in [0.25, 0.3) is 0 Å². The van der Waals surface area contributed by atoms with E-state index in [9.17, 15) is 4.39 Å². The Morgan fingerprint density at radius 3 is 2.37 bits per heavy atom. The minimum atomic E-state index is -0.194. The molecule has 2 rings (SSSR count). The summed E-state index contributed by atoms with van der Waals surface area (Å²) in [5.74, 6) is 1.13. The highest BCUT2D eigenvalue weighted by Gasteiger charge is 2.02. The van der Waals surface area contributed by atoms with Gasteiger partial charge < -0.3 is 0 Å².